The van der Waals surface area contributed by atoms with Gasteiger partial charge in [-0.15, -0.1) is 0 Å². The van der Waals surface area contributed by atoms with Gasteiger partial charge in [0.25, 0.3) is 5.91 Å². The summed E-state index contributed by atoms with van der Waals surface area (Å²) in [6, 6.07) is 10.2. The quantitative estimate of drug-likeness (QED) is 0.759. The Bertz CT molecular complexity index is 807. The van der Waals surface area contributed by atoms with Crippen LogP contribution in [-0.4, -0.2) is 36.9 Å². The topological polar surface area (TPSA) is 58.6 Å². The van der Waals surface area contributed by atoms with E-state index < -0.39 is 5.91 Å². The number of hydrogen-bond donors (Lipinski definition) is 1. The van der Waals surface area contributed by atoms with Crippen molar-refractivity contribution in [2.75, 3.05) is 25.5 Å². The van der Waals surface area contributed by atoms with Crippen LogP contribution in [0.3, 0.4) is 0 Å². The first-order chi connectivity index (χ1) is 12.3. The second kappa shape index (κ2) is 9.12. The Hall–Kier alpha value is -1.95. The number of nitrogens with zero attached hydrogens (tertiary/aromatic N) is 1. The average Bonchev–Trinajstić information content (AvgIpc) is 2.58. The third-order valence-corrected chi connectivity index (χ3v) is 4.41. The van der Waals surface area contributed by atoms with Crippen molar-refractivity contribution in [3.8, 4) is 5.75 Å². The molecule has 138 valence electrons. The highest BCUT2D eigenvalue weighted by atomic mass is 35.5. The van der Waals surface area contributed by atoms with Gasteiger partial charge in [-0.1, -0.05) is 46.9 Å². The van der Waals surface area contributed by atoms with Crippen LogP contribution in [0.25, 0.3) is 0 Å². The zero-order valence-corrected chi connectivity index (χ0v) is 16.5. The number of carbonyl (C=O) groups is 2. The number of anilines is 1. The van der Waals surface area contributed by atoms with Crippen molar-refractivity contribution in [2.45, 2.75) is 6.92 Å². The van der Waals surface area contributed by atoms with E-state index in [0.717, 1.165) is 5.56 Å². The van der Waals surface area contributed by atoms with Crippen LogP contribution in [0.15, 0.2) is 36.4 Å². The Labute approximate surface area is 166 Å². The lowest BCUT2D eigenvalue weighted by atomic mass is 10.2. The normalized spacial score (nSPS) is 10.3. The van der Waals surface area contributed by atoms with Gasteiger partial charge in [-0.05, 0) is 36.8 Å². The summed E-state index contributed by atoms with van der Waals surface area (Å²) in [5, 5.41) is 3.64. The molecule has 0 fully saturated rings. The van der Waals surface area contributed by atoms with Crippen LogP contribution in [0.1, 0.15) is 5.56 Å². The first-order valence-electron chi connectivity index (χ1n) is 7.64. The van der Waals surface area contributed by atoms with Gasteiger partial charge in [-0.25, -0.2) is 0 Å². The van der Waals surface area contributed by atoms with Crippen LogP contribution in [0, 0.1) is 6.92 Å². The summed E-state index contributed by atoms with van der Waals surface area (Å²) in [6.45, 7) is 1.48. The van der Waals surface area contributed by atoms with Gasteiger partial charge < -0.3 is 15.0 Å². The average molecular weight is 416 g/mol. The number of amides is 2. The van der Waals surface area contributed by atoms with Gasteiger partial charge in [0.05, 0.1) is 27.3 Å². The highest BCUT2D eigenvalue weighted by Gasteiger charge is 2.16. The molecule has 0 aliphatic heterocycles. The van der Waals surface area contributed by atoms with Crippen LogP contribution in [-0.2, 0) is 9.59 Å². The number of ether oxygens (including phenoxy) is 1. The predicted molar refractivity (Wildman–Crippen MR) is 104 cm³/mol. The summed E-state index contributed by atoms with van der Waals surface area (Å²) in [4.78, 5) is 25.5. The molecule has 26 heavy (non-hydrogen) atoms. The molecule has 0 atom stereocenters. The van der Waals surface area contributed by atoms with E-state index in [4.69, 9.17) is 39.5 Å². The van der Waals surface area contributed by atoms with Crippen molar-refractivity contribution in [1.82, 2.24) is 4.90 Å². The number of carbonyl (C=O) groups excluding carboxylic acids is 2. The number of para-hydroxylation sites is 1. The van der Waals surface area contributed by atoms with Gasteiger partial charge in [0, 0.05) is 7.05 Å². The largest absolute Gasteiger partial charge is 0.482 e. The van der Waals surface area contributed by atoms with Gasteiger partial charge in [-0.3, -0.25) is 9.59 Å². The van der Waals surface area contributed by atoms with Crippen LogP contribution < -0.4 is 10.1 Å². The molecular weight excluding hydrogens is 399 g/mol. The third kappa shape index (κ3) is 5.53. The van der Waals surface area contributed by atoms with E-state index in [-0.39, 0.29) is 19.1 Å². The van der Waals surface area contributed by atoms with Gasteiger partial charge in [0.1, 0.15) is 5.75 Å². The summed E-state index contributed by atoms with van der Waals surface area (Å²) >= 11 is 18.0. The van der Waals surface area contributed by atoms with Crippen molar-refractivity contribution >= 4 is 52.3 Å². The lowest BCUT2D eigenvalue weighted by Gasteiger charge is -2.18. The molecule has 2 rings (SSSR count). The standard InChI is InChI=1S/C18H17Cl3N2O3/c1-11-6-7-12(19)15(8-11)26-10-17(25)23(2)9-16(24)22-18-13(20)4-3-5-14(18)21/h3-8H,9-10H2,1-2H3,(H,22,24). The fraction of sp³-hybridized carbons (Fsp3) is 0.222. The molecule has 2 amide bonds. The maximum absolute atomic E-state index is 12.2. The Morgan fingerprint density at radius 3 is 2.38 bits per heavy atom. The lowest BCUT2D eigenvalue weighted by molar-refractivity contribution is -0.135. The van der Waals surface area contributed by atoms with Crippen molar-refractivity contribution < 1.29 is 14.3 Å². The van der Waals surface area contributed by atoms with E-state index in [2.05, 4.69) is 5.32 Å². The minimum atomic E-state index is -0.426. The Morgan fingerprint density at radius 1 is 1.08 bits per heavy atom. The summed E-state index contributed by atoms with van der Waals surface area (Å²) < 4.78 is 5.44. The smallest absolute Gasteiger partial charge is 0.260 e. The van der Waals surface area contributed by atoms with E-state index in [1.165, 1.54) is 11.9 Å². The number of hydrogen-bond acceptors (Lipinski definition) is 3. The van der Waals surface area contributed by atoms with E-state index >= 15 is 0 Å². The molecule has 0 aliphatic rings. The van der Waals surface area contributed by atoms with E-state index in [1.54, 1.807) is 30.3 Å². The Balaban J connectivity index is 1.90. The molecule has 1 N–H and O–H groups in total. The molecular formula is C18H17Cl3N2O3. The Morgan fingerprint density at radius 2 is 1.73 bits per heavy atom. The molecule has 8 heteroatoms. The highest BCUT2D eigenvalue weighted by molar-refractivity contribution is 6.39. The molecule has 0 saturated heterocycles. The summed E-state index contributed by atoms with van der Waals surface area (Å²) in [6.07, 6.45) is 0. The minimum Gasteiger partial charge on any atom is -0.482 e. The zero-order valence-electron chi connectivity index (χ0n) is 14.2. The van der Waals surface area contributed by atoms with Crippen LogP contribution in [0.4, 0.5) is 5.69 Å². The fourth-order valence-corrected chi connectivity index (χ4v) is 2.73. The van der Waals surface area contributed by atoms with Crippen molar-refractivity contribution in [1.29, 1.82) is 0 Å². The van der Waals surface area contributed by atoms with Crippen molar-refractivity contribution in [2.24, 2.45) is 0 Å². The van der Waals surface area contributed by atoms with Crippen molar-refractivity contribution in [3.63, 3.8) is 0 Å². The second-order valence-corrected chi connectivity index (χ2v) is 6.84. The third-order valence-electron chi connectivity index (χ3n) is 3.47. The Kier molecular flexibility index (Phi) is 7.14. The second-order valence-electron chi connectivity index (χ2n) is 5.62. The SMILES string of the molecule is Cc1ccc(Cl)c(OCC(=O)N(C)CC(=O)Nc2c(Cl)cccc2Cl)c1. The number of aryl methyl sites for hydroxylation is 1. The fourth-order valence-electron chi connectivity index (χ4n) is 2.07. The molecule has 0 aliphatic carbocycles. The van der Waals surface area contributed by atoms with Gasteiger partial charge in [-0.2, -0.15) is 0 Å². The van der Waals surface area contributed by atoms with E-state index in [9.17, 15) is 9.59 Å². The van der Waals surface area contributed by atoms with Crippen LogP contribution in [0.2, 0.25) is 15.1 Å². The molecule has 2 aromatic carbocycles. The minimum absolute atomic E-state index is 0.175. The van der Waals surface area contributed by atoms with Crippen LogP contribution in [0.5, 0.6) is 5.75 Å². The lowest BCUT2D eigenvalue weighted by Crippen LogP contribution is -2.37. The molecule has 0 radical (unpaired) electrons. The number of halogens is 3. The molecule has 0 spiro atoms. The van der Waals surface area contributed by atoms with Gasteiger partial charge in [0.2, 0.25) is 5.91 Å². The van der Waals surface area contributed by atoms with Gasteiger partial charge in [0.15, 0.2) is 6.61 Å². The molecule has 0 bridgehead atoms. The van der Waals surface area contributed by atoms with E-state index in [0.29, 0.717) is 26.5 Å². The number of likely N-dealkylation sites (N-methyl/N-ethyl adjacent to an activating group) is 1. The maximum Gasteiger partial charge on any atom is 0.260 e. The summed E-state index contributed by atoms with van der Waals surface area (Å²) in [5.41, 5.74) is 1.27. The molecule has 2 aromatic rings. The van der Waals surface area contributed by atoms with Crippen LogP contribution >= 0.6 is 34.8 Å². The molecule has 0 unspecified atom stereocenters. The summed E-state index contributed by atoms with van der Waals surface area (Å²) in [7, 11) is 1.50. The van der Waals surface area contributed by atoms with E-state index in [1.807, 2.05) is 13.0 Å². The number of rotatable bonds is 6. The highest BCUT2D eigenvalue weighted by Crippen LogP contribution is 2.29. The predicted octanol–water partition coefficient (Wildman–Crippen LogP) is 4.43. The van der Waals surface area contributed by atoms with Gasteiger partial charge >= 0.3 is 0 Å². The molecule has 0 heterocycles. The monoisotopic (exact) mass is 414 g/mol. The molecule has 0 aromatic heterocycles. The first-order valence-corrected chi connectivity index (χ1v) is 8.78. The molecule has 0 saturated carbocycles. The summed E-state index contributed by atoms with van der Waals surface area (Å²) in [5.74, 6) is -0.381. The number of benzene rings is 2. The maximum atomic E-state index is 12.2. The zero-order chi connectivity index (χ0) is 19.3. The van der Waals surface area contributed by atoms with Crippen molar-refractivity contribution in [3.05, 3.63) is 57.0 Å². The number of nitrogens with one attached hydrogen (secondary N) is 1. The first kappa shape index (κ1) is 20.4. The molecule has 5 nitrogen and oxygen atoms in total.